The highest BCUT2D eigenvalue weighted by molar-refractivity contribution is 14.1. The van der Waals surface area contributed by atoms with Crippen LogP contribution < -0.4 is 0 Å². The van der Waals surface area contributed by atoms with Crippen LogP contribution in [0, 0.1) is 7.14 Å². The molecule has 19 heavy (non-hydrogen) atoms. The summed E-state index contributed by atoms with van der Waals surface area (Å²) in [6, 6.07) is 16.7. The molecule has 2 aromatic carbocycles. The van der Waals surface area contributed by atoms with E-state index in [-0.39, 0.29) is 0 Å². The minimum Gasteiger partial charge on any atom is -0.277 e. The zero-order valence-electron chi connectivity index (χ0n) is 9.90. The highest BCUT2D eigenvalue weighted by Gasteiger charge is 2.13. The van der Waals surface area contributed by atoms with Crippen molar-refractivity contribution in [1.82, 2.24) is 10.2 Å². The molecule has 3 rings (SSSR count). The molecular formula is C15H10I2N2. The smallest absolute Gasteiger partial charge is 0.0739 e. The number of benzene rings is 2. The molecule has 0 saturated heterocycles. The van der Waals surface area contributed by atoms with Crippen LogP contribution in [0.4, 0.5) is 0 Å². The lowest BCUT2D eigenvalue weighted by Crippen LogP contribution is -1.87. The van der Waals surface area contributed by atoms with Crippen LogP contribution in [0.25, 0.3) is 22.4 Å². The Balaban J connectivity index is 2.20. The summed E-state index contributed by atoms with van der Waals surface area (Å²) >= 11 is 4.72. The molecule has 0 bridgehead atoms. The molecule has 1 aromatic heterocycles. The topological polar surface area (TPSA) is 28.7 Å². The lowest BCUT2D eigenvalue weighted by molar-refractivity contribution is 1.09. The van der Waals surface area contributed by atoms with E-state index in [0.717, 1.165) is 11.3 Å². The predicted molar refractivity (Wildman–Crippen MR) is 94.9 cm³/mol. The Hall–Kier alpha value is -0.890. The Bertz CT molecular complexity index is 659. The molecule has 0 saturated carbocycles. The lowest BCUT2D eigenvalue weighted by Gasteiger charge is -2.07. The molecule has 4 heteroatoms. The third kappa shape index (κ3) is 2.55. The van der Waals surface area contributed by atoms with Gasteiger partial charge in [-0.2, -0.15) is 5.10 Å². The summed E-state index contributed by atoms with van der Waals surface area (Å²) in [6.07, 6.45) is 1.90. The monoisotopic (exact) mass is 472 g/mol. The van der Waals surface area contributed by atoms with Gasteiger partial charge in [-0.3, -0.25) is 5.10 Å². The average Bonchev–Trinajstić information content (AvgIpc) is 2.89. The second-order valence-corrected chi connectivity index (χ2v) is 6.44. The van der Waals surface area contributed by atoms with Gasteiger partial charge >= 0.3 is 0 Å². The molecule has 0 unspecified atom stereocenters. The van der Waals surface area contributed by atoms with Gasteiger partial charge in [0.25, 0.3) is 0 Å². The van der Waals surface area contributed by atoms with E-state index in [4.69, 9.17) is 0 Å². The van der Waals surface area contributed by atoms with Crippen molar-refractivity contribution >= 4 is 45.2 Å². The Morgan fingerprint density at radius 3 is 1.95 bits per heavy atom. The standard InChI is InChI=1S/C15H10I2N2/c16-13-7-3-1-5-10(13)12-9-18-19-15(12)11-6-2-4-8-14(11)17/h1-9H,(H,18,19). The van der Waals surface area contributed by atoms with Gasteiger partial charge in [-0.1, -0.05) is 36.4 Å². The molecule has 1 heterocycles. The molecule has 0 radical (unpaired) electrons. The SMILES string of the molecule is Ic1ccccc1-c1cn[nH]c1-c1ccccc1I. The van der Waals surface area contributed by atoms with Crippen LogP contribution in [0.1, 0.15) is 0 Å². The lowest BCUT2D eigenvalue weighted by atomic mass is 10.0. The summed E-state index contributed by atoms with van der Waals surface area (Å²) in [5.41, 5.74) is 4.63. The maximum Gasteiger partial charge on any atom is 0.0739 e. The van der Waals surface area contributed by atoms with E-state index < -0.39 is 0 Å². The van der Waals surface area contributed by atoms with E-state index in [1.165, 1.54) is 18.3 Å². The molecule has 2 nitrogen and oxygen atoms in total. The summed E-state index contributed by atoms with van der Waals surface area (Å²) in [7, 11) is 0. The van der Waals surface area contributed by atoms with Crippen LogP contribution in [-0.4, -0.2) is 10.2 Å². The summed E-state index contributed by atoms with van der Waals surface area (Å²) < 4.78 is 2.45. The Kier molecular flexibility index (Phi) is 3.88. The van der Waals surface area contributed by atoms with Gasteiger partial charge < -0.3 is 0 Å². The Morgan fingerprint density at radius 2 is 1.32 bits per heavy atom. The van der Waals surface area contributed by atoms with E-state index in [1.807, 2.05) is 12.3 Å². The highest BCUT2D eigenvalue weighted by atomic mass is 127. The van der Waals surface area contributed by atoms with Gasteiger partial charge in [0.05, 0.1) is 11.9 Å². The van der Waals surface area contributed by atoms with Crippen LogP contribution in [0.2, 0.25) is 0 Å². The summed E-state index contributed by atoms with van der Waals surface area (Å²) in [5.74, 6) is 0. The molecule has 0 atom stereocenters. The number of H-pyrrole nitrogens is 1. The Morgan fingerprint density at radius 1 is 0.737 bits per heavy atom. The van der Waals surface area contributed by atoms with Crippen molar-refractivity contribution < 1.29 is 0 Å². The molecule has 1 N–H and O–H groups in total. The molecule has 94 valence electrons. The summed E-state index contributed by atoms with van der Waals surface area (Å²) in [4.78, 5) is 0. The first-order valence-electron chi connectivity index (χ1n) is 5.80. The first-order valence-corrected chi connectivity index (χ1v) is 7.96. The molecule has 0 aliphatic heterocycles. The van der Waals surface area contributed by atoms with Crippen molar-refractivity contribution in [2.24, 2.45) is 0 Å². The number of aromatic nitrogens is 2. The number of rotatable bonds is 2. The van der Waals surface area contributed by atoms with E-state index in [9.17, 15) is 0 Å². The van der Waals surface area contributed by atoms with E-state index in [1.54, 1.807) is 0 Å². The van der Waals surface area contributed by atoms with Crippen LogP contribution in [0.3, 0.4) is 0 Å². The van der Waals surface area contributed by atoms with Gasteiger partial charge in [0.1, 0.15) is 0 Å². The number of nitrogens with zero attached hydrogens (tertiary/aromatic N) is 1. The fourth-order valence-electron chi connectivity index (χ4n) is 2.04. The van der Waals surface area contributed by atoms with E-state index in [0.29, 0.717) is 0 Å². The first kappa shape index (κ1) is 13.1. The number of hydrogen-bond acceptors (Lipinski definition) is 1. The van der Waals surface area contributed by atoms with Crippen LogP contribution >= 0.6 is 45.2 Å². The zero-order chi connectivity index (χ0) is 13.2. The normalized spacial score (nSPS) is 10.6. The number of aromatic amines is 1. The molecule has 0 fully saturated rings. The van der Waals surface area contributed by atoms with Crippen molar-refractivity contribution in [2.75, 3.05) is 0 Å². The van der Waals surface area contributed by atoms with E-state index >= 15 is 0 Å². The molecule has 0 aliphatic rings. The van der Waals surface area contributed by atoms with Gasteiger partial charge in [-0.25, -0.2) is 0 Å². The number of hydrogen-bond donors (Lipinski definition) is 1. The van der Waals surface area contributed by atoms with E-state index in [2.05, 4.69) is 97.8 Å². The maximum atomic E-state index is 4.23. The van der Waals surface area contributed by atoms with Crippen LogP contribution in [0.15, 0.2) is 54.7 Å². The first-order chi connectivity index (χ1) is 9.27. The average molecular weight is 472 g/mol. The number of nitrogens with one attached hydrogen (secondary N) is 1. The van der Waals surface area contributed by atoms with Gasteiger partial charge in [-0.15, -0.1) is 0 Å². The van der Waals surface area contributed by atoms with Crippen molar-refractivity contribution in [3.05, 3.63) is 61.9 Å². The van der Waals surface area contributed by atoms with Gasteiger partial charge in [0.2, 0.25) is 0 Å². The third-order valence-corrected chi connectivity index (χ3v) is 4.83. The predicted octanol–water partition coefficient (Wildman–Crippen LogP) is 4.95. The second kappa shape index (κ2) is 5.62. The maximum absolute atomic E-state index is 4.23. The summed E-state index contributed by atoms with van der Waals surface area (Å²) in [5, 5.41) is 7.36. The second-order valence-electron chi connectivity index (χ2n) is 4.12. The van der Waals surface area contributed by atoms with Crippen LogP contribution in [-0.2, 0) is 0 Å². The molecule has 0 aliphatic carbocycles. The quantitative estimate of drug-likeness (QED) is 0.526. The zero-order valence-corrected chi connectivity index (χ0v) is 14.2. The van der Waals surface area contributed by atoms with Gasteiger partial charge in [0.15, 0.2) is 0 Å². The minimum atomic E-state index is 1.08. The third-order valence-electron chi connectivity index (χ3n) is 2.95. The van der Waals surface area contributed by atoms with Gasteiger partial charge in [-0.05, 0) is 62.9 Å². The molecular weight excluding hydrogens is 462 g/mol. The van der Waals surface area contributed by atoms with Crippen molar-refractivity contribution in [2.45, 2.75) is 0 Å². The molecule has 0 amide bonds. The number of halogens is 2. The van der Waals surface area contributed by atoms with Crippen molar-refractivity contribution in [3.63, 3.8) is 0 Å². The summed E-state index contributed by atoms with van der Waals surface area (Å²) in [6.45, 7) is 0. The molecule has 0 spiro atoms. The fraction of sp³-hybridized carbons (Fsp3) is 0. The van der Waals surface area contributed by atoms with Crippen LogP contribution in [0.5, 0.6) is 0 Å². The van der Waals surface area contributed by atoms with Crippen molar-refractivity contribution in [3.8, 4) is 22.4 Å². The fourth-order valence-corrected chi connectivity index (χ4v) is 3.37. The minimum absolute atomic E-state index is 1.08. The largest absolute Gasteiger partial charge is 0.277 e. The Labute approximate surface area is 138 Å². The molecule has 3 aromatic rings. The highest BCUT2D eigenvalue weighted by Crippen LogP contribution is 2.34. The van der Waals surface area contributed by atoms with Gasteiger partial charge in [0, 0.05) is 18.3 Å². The van der Waals surface area contributed by atoms with Crippen molar-refractivity contribution in [1.29, 1.82) is 0 Å².